The summed E-state index contributed by atoms with van der Waals surface area (Å²) in [6.07, 6.45) is 2.21. The Balaban J connectivity index is 1.47. The lowest BCUT2D eigenvalue weighted by Crippen LogP contribution is -2.51. The zero-order valence-corrected chi connectivity index (χ0v) is 29.4. The molecular weight excluding hydrogens is 613 g/mol. The molecule has 0 spiro atoms. The van der Waals surface area contributed by atoms with E-state index in [-0.39, 0.29) is 16.4 Å². The van der Waals surface area contributed by atoms with Gasteiger partial charge in [-0.05, 0) is 78.7 Å². The molecule has 1 atom stereocenters. The largest absolute Gasteiger partial charge is 0.477 e. The van der Waals surface area contributed by atoms with Gasteiger partial charge in [0.2, 0.25) is 0 Å². The third-order valence-corrected chi connectivity index (χ3v) is 15.5. The van der Waals surface area contributed by atoms with Crippen LogP contribution < -0.4 is 0 Å². The number of hydrogen-bond acceptors (Lipinski definition) is 7. The molecule has 1 N–H and O–H groups in total. The van der Waals surface area contributed by atoms with Gasteiger partial charge in [0.15, 0.2) is 8.32 Å². The van der Waals surface area contributed by atoms with E-state index >= 15 is 0 Å². The number of benzene rings is 1. The van der Waals surface area contributed by atoms with E-state index in [2.05, 4.69) is 92.7 Å². The Labute approximate surface area is 269 Å². The SMILES string of the molecule is Cc1cscc1C#Cc1cccc(CC(CCN2CCSC(=O)N2CCc2ccc(C(=O)O)s2)O[Si](C)(C)C(C)(C)C)c1. The number of thioether (sulfide) groups is 1. The summed E-state index contributed by atoms with van der Waals surface area (Å²) in [5.41, 5.74) is 4.49. The number of hydrazine groups is 1. The molecule has 1 aliphatic heterocycles. The minimum Gasteiger partial charge on any atom is -0.477 e. The Bertz CT molecular complexity index is 1480. The quantitative estimate of drug-likeness (QED) is 0.166. The van der Waals surface area contributed by atoms with E-state index in [0.29, 0.717) is 24.4 Å². The van der Waals surface area contributed by atoms with Gasteiger partial charge in [0.1, 0.15) is 4.88 Å². The van der Waals surface area contributed by atoms with E-state index in [9.17, 15) is 14.7 Å². The van der Waals surface area contributed by atoms with Crippen LogP contribution in [0.4, 0.5) is 4.79 Å². The second-order valence-corrected chi connectivity index (χ2v) is 20.1. The first kappa shape index (κ1) is 33.5. The summed E-state index contributed by atoms with van der Waals surface area (Å²) >= 11 is 4.30. The first-order chi connectivity index (χ1) is 20.3. The van der Waals surface area contributed by atoms with Crippen molar-refractivity contribution in [3.8, 4) is 11.8 Å². The highest BCUT2D eigenvalue weighted by atomic mass is 32.2. The minimum absolute atomic E-state index is 0.00479. The van der Waals surface area contributed by atoms with Gasteiger partial charge in [-0.1, -0.05) is 56.5 Å². The number of nitrogens with zero attached hydrogens (tertiary/aromatic N) is 2. The van der Waals surface area contributed by atoms with E-state index < -0.39 is 14.3 Å². The molecule has 6 nitrogen and oxygen atoms in total. The molecule has 1 amide bonds. The fraction of sp³-hybridized carbons (Fsp3) is 0.455. The van der Waals surface area contributed by atoms with Gasteiger partial charge in [-0.25, -0.2) is 9.80 Å². The van der Waals surface area contributed by atoms with Crippen molar-refractivity contribution in [2.24, 2.45) is 0 Å². The second-order valence-electron chi connectivity index (χ2n) is 12.4. The average molecular weight is 655 g/mol. The number of carbonyl (C=O) groups excluding carboxylic acids is 1. The highest BCUT2D eigenvalue weighted by Crippen LogP contribution is 2.38. The van der Waals surface area contributed by atoms with Crippen LogP contribution >= 0.6 is 34.4 Å². The molecule has 0 aliphatic carbocycles. The number of rotatable bonds is 11. The van der Waals surface area contributed by atoms with Gasteiger partial charge >= 0.3 is 5.97 Å². The van der Waals surface area contributed by atoms with Gasteiger partial charge in [-0.15, -0.1) is 11.3 Å². The lowest BCUT2D eigenvalue weighted by Gasteiger charge is -2.41. The lowest BCUT2D eigenvalue weighted by atomic mass is 10.0. The van der Waals surface area contributed by atoms with Crippen LogP contribution in [0, 0.1) is 18.8 Å². The van der Waals surface area contributed by atoms with Gasteiger partial charge in [-0.3, -0.25) is 9.80 Å². The van der Waals surface area contributed by atoms with Gasteiger partial charge in [0, 0.05) is 53.2 Å². The number of aromatic carboxylic acids is 1. The Kier molecular flexibility index (Phi) is 11.4. The normalized spacial score (nSPS) is 15.3. The number of amides is 1. The molecule has 4 rings (SSSR count). The predicted molar refractivity (Wildman–Crippen MR) is 183 cm³/mol. The summed E-state index contributed by atoms with van der Waals surface area (Å²) < 4.78 is 7.00. The van der Waals surface area contributed by atoms with Gasteiger partial charge in [-0.2, -0.15) is 11.3 Å². The summed E-state index contributed by atoms with van der Waals surface area (Å²) in [6, 6.07) is 12.0. The zero-order chi connectivity index (χ0) is 31.2. The standard InChI is InChI=1S/C33H42N2O4S3Si/c1-24-22-40-23-27(24)11-10-25-8-7-9-26(20-25)21-28(39-43(5,6)33(2,3)4)14-16-34-18-19-41-32(38)35(34)17-15-29-12-13-30(42-29)31(36)37/h7-9,12-13,20,22-23,28H,14-19,21H2,1-6H3,(H,36,37). The number of carboxylic acids is 1. The van der Waals surface area contributed by atoms with E-state index in [4.69, 9.17) is 4.43 Å². The zero-order valence-electron chi connectivity index (χ0n) is 25.9. The highest BCUT2D eigenvalue weighted by molar-refractivity contribution is 8.13. The van der Waals surface area contributed by atoms with Crippen molar-refractivity contribution in [1.29, 1.82) is 0 Å². The van der Waals surface area contributed by atoms with Crippen LogP contribution in [0.25, 0.3) is 0 Å². The van der Waals surface area contributed by atoms with Crippen LogP contribution in [0.1, 0.15) is 64.0 Å². The van der Waals surface area contributed by atoms with E-state index in [0.717, 1.165) is 41.1 Å². The maximum atomic E-state index is 13.0. The fourth-order valence-electron chi connectivity index (χ4n) is 4.61. The molecular formula is C33H42N2O4S3Si. The van der Waals surface area contributed by atoms with Crippen LogP contribution in [0.3, 0.4) is 0 Å². The molecule has 43 heavy (non-hydrogen) atoms. The summed E-state index contributed by atoms with van der Waals surface area (Å²) in [5.74, 6) is 6.51. The molecule has 1 saturated heterocycles. The van der Waals surface area contributed by atoms with E-state index in [1.807, 2.05) is 11.1 Å². The molecule has 3 aromatic rings. The summed E-state index contributed by atoms with van der Waals surface area (Å²) in [5, 5.41) is 17.6. The maximum absolute atomic E-state index is 13.0. The van der Waals surface area contributed by atoms with Crippen molar-refractivity contribution in [1.82, 2.24) is 10.0 Å². The minimum atomic E-state index is -2.05. The smallest absolute Gasteiger partial charge is 0.345 e. The highest BCUT2D eigenvalue weighted by Gasteiger charge is 2.39. The number of carbonyl (C=O) groups is 2. The fourth-order valence-corrected chi connectivity index (χ4v) is 8.45. The van der Waals surface area contributed by atoms with Crippen molar-refractivity contribution >= 4 is 54.0 Å². The van der Waals surface area contributed by atoms with Crippen molar-refractivity contribution in [3.63, 3.8) is 0 Å². The third-order valence-electron chi connectivity index (χ3n) is 8.13. The molecule has 2 aromatic heterocycles. The Hall–Kier alpha value is -2.39. The van der Waals surface area contributed by atoms with E-state index in [1.54, 1.807) is 17.4 Å². The van der Waals surface area contributed by atoms with Gasteiger partial charge in [0.05, 0.1) is 6.10 Å². The first-order valence-electron chi connectivity index (χ1n) is 14.6. The summed E-state index contributed by atoms with van der Waals surface area (Å²) in [4.78, 5) is 25.6. The molecule has 0 bridgehead atoms. The summed E-state index contributed by atoms with van der Waals surface area (Å²) in [7, 11) is -2.05. The number of thiophene rings is 2. The van der Waals surface area contributed by atoms with Crippen molar-refractivity contribution in [2.75, 3.05) is 25.4 Å². The third kappa shape index (κ3) is 9.30. The number of hydrogen-bond donors (Lipinski definition) is 1. The van der Waals surface area contributed by atoms with Crippen LogP contribution in [-0.2, 0) is 17.3 Å². The van der Waals surface area contributed by atoms with Crippen molar-refractivity contribution in [3.05, 3.63) is 79.2 Å². The molecule has 1 aromatic carbocycles. The lowest BCUT2D eigenvalue weighted by molar-refractivity contribution is 0.0161. The molecule has 230 valence electrons. The van der Waals surface area contributed by atoms with Gasteiger partial charge < -0.3 is 9.53 Å². The molecule has 3 heterocycles. The summed E-state index contributed by atoms with van der Waals surface area (Å²) in [6.45, 7) is 15.5. The monoisotopic (exact) mass is 654 g/mol. The molecule has 10 heteroatoms. The second kappa shape index (κ2) is 14.6. The maximum Gasteiger partial charge on any atom is 0.345 e. The Morgan fingerprint density at radius 1 is 1.14 bits per heavy atom. The molecule has 1 aliphatic rings. The topological polar surface area (TPSA) is 70.1 Å². The first-order valence-corrected chi connectivity index (χ1v) is 20.3. The van der Waals surface area contributed by atoms with E-state index in [1.165, 1.54) is 34.2 Å². The molecule has 1 unspecified atom stereocenters. The molecule has 0 radical (unpaired) electrons. The van der Waals surface area contributed by atoms with Crippen LogP contribution in [0.5, 0.6) is 0 Å². The Morgan fingerprint density at radius 3 is 2.60 bits per heavy atom. The predicted octanol–water partition coefficient (Wildman–Crippen LogP) is 8.17. The van der Waals surface area contributed by atoms with Crippen LogP contribution in [0.15, 0.2) is 47.2 Å². The van der Waals surface area contributed by atoms with Crippen LogP contribution in [-0.4, -0.2) is 66.1 Å². The molecule has 0 saturated carbocycles. The number of aryl methyl sites for hydroxylation is 1. The number of carboxylic acid groups (broad SMARTS) is 1. The molecule has 1 fully saturated rings. The Morgan fingerprint density at radius 2 is 1.93 bits per heavy atom. The van der Waals surface area contributed by atoms with Crippen molar-refractivity contribution < 1.29 is 19.1 Å². The van der Waals surface area contributed by atoms with Gasteiger partial charge in [0.25, 0.3) is 5.24 Å². The van der Waals surface area contributed by atoms with Crippen LogP contribution in [0.2, 0.25) is 18.1 Å². The van der Waals surface area contributed by atoms with Crippen molar-refractivity contribution in [2.45, 2.75) is 71.2 Å². The average Bonchev–Trinajstić information content (AvgIpc) is 3.58.